The fourth-order valence-corrected chi connectivity index (χ4v) is 8.00. The van der Waals surface area contributed by atoms with Crippen LogP contribution in [0, 0.1) is 11.8 Å². The maximum atomic E-state index is 13.7. The van der Waals surface area contributed by atoms with E-state index in [-0.39, 0.29) is 18.6 Å². The van der Waals surface area contributed by atoms with Crippen LogP contribution in [0.1, 0.15) is 48.9 Å². The Labute approximate surface area is 238 Å². The van der Waals surface area contributed by atoms with E-state index in [1.165, 1.54) is 36.6 Å². The zero-order valence-corrected chi connectivity index (χ0v) is 23.6. The monoisotopic (exact) mass is 562 g/mol. The molecule has 0 radical (unpaired) electrons. The van der Waals surface area contributed by atoms with E-state index < -0.39 is 0 Å². The maximum Gasteiger partial charge on any atom is 0.266 e. The summed E-state index contributed by atoms with van der Waals surface area (Å²) in [6, 6.07) is 20.7. The first-order valence-corrected chi connectivity index (χ1v) is 15.0. The Hall–Kier alpha value is -2.38. The van der Waals surface area contributed by atoms with Crippen LogP contribution in [-0.2, 0) is 17.8 Å². The van der Waals surface area contributed by atoms with E-state index in [2.05, 4.69) is 22.8 Å². The van der Waals surface area contributed by atoms with Crippen molar-refractivity contribution in [3.8, 4) is 11.3 Å². The van der Waals surface area contributed by atoms with Gasteiger partial charge in [0.25, 0.3) is 5.91 Å². The Morgan fingerprint density at radius 3 is 2.55 bits per heavy atom. The molecule has 7 heteroatoms. The summed E-state index contributed by atoms with van der Waals surface area (Å²) >= 11 is 13.4. The highest BCUT2D eigenvalue weighted by Gasteiger charge is 2.48. The van der Waals surface area contributed by atoms with E-state index in [4.69, 9.17) is 23.8 Å². The van der Waals surface area contributed by atoms with Crippen LogP contribution in [0.2, 0.25) is 5.02 Å². The predicted octanol–water partition coefficient (Wildman–Crippen LogP) is 7.17. The van der Waals surface area contributed by atoms with Crippen LogP contribution in [-0.4, -0.2) is 37.4 Å². The van der Waals surface area contributed by atoms with Gasteiger partial charge >= 0.3 is 0 Å². The molecule has 0 spiro atoms. The Morgan fingerprint density at radius 1 is 1.08 bits per heavy atom. The summed E-state index contributed by atoms with van der Waals surface area (Å²) < 4.78 is 2.98. The summed E-state index contributed by atoms with van der Waals surface area (Å²) in [5, 5.41) is 10.3. The lowest BCUT2D eigenvalue weighted by Crippen LogP contribution is -2.41. The lowest BCUT2D eigenvalue weighted by atomic mass is 9.94. The quantitative estimate of drug-likeness (QED) is 0.233. The van der Waals surface area contributed by atoms with Gasteiger partial charge in [0.1, 0.15) is 4.32 Å². The van der Waals surface area contributed by atoms with Crippen molar-refractivity contribution in [2.45, 2.75) is 51.1 Å². The van der Waals surface area contributed by atoms with Crippen LogP contribution in [0.4, 0.5) is 0 Å². The van der Waals surface area contributed by atoms with Gasteiger partial charge in [-0.05, 0) is 84.9 Å². The predicted molar refractivity (Wildman–Crippen MR) is 160 cm³/mol. The number of thiocarbonyl (C=S) groups is 1. The molecule has 3 aliphatic rings. The van der Waals surface area contributed by atoms with Crippen LogP contribution in [0.3, 0.4) is 0 Å². The largest absolute Gasteiger partial charge is 0.396 e. The number of aryl methyl sites for hydroxylation is 1. The van der Waals surface area contributed by atoms with Crippen molar-refractivity contribution in [1.82, 2.24) is 9.47 Å². The van der Waals surface area contributed by atoms with Crippen molar-refractivity contribution in [3.63, 3.8) is 0 Å². The molecule has 1 saturated heterocycles. The molecule has 1 amide bonds. The molecular weight excluding hydrogens is 532 g/mol. The molecule has 3 fully saturated rings. The van der Waals surface area contributed by atoms with Crippen LogP contribution in [0.15, 0.2) is 65.6 Å². The third-order valence-electron chi connectivity index (χ3n) is 8.25. The third-order valence-corrected chi connectivity index (χ3v) is 9.83. The van der Waals surface area contributed by atoms with Gasteiger partial charge in [0.05, 0.1) is 10.6 Å². The van der Waals surface area contributed by atoms with E-state index in [0.29, 0.717) is 33.1 Å². The highest BCUT2D eigenvalue weighted by Crippen LogP contribution is 2.49. The van der Waals surface area contributed by atoms with Gasteiger partial charge in [-0.15, -0.1) is 0 Å². The number of hydrogen-bond donors (Lipinski definition) is 1. The van der Waals surface area contributed by atoms with Crippen molar-refractivity contribution in [1.29, 1.82) is 0 Å². The average molecular weight is 563 g/mol. The van der Waals surface area contributed by atoms with Gasteiger partial charge in [-0.25, -0.2) is 0 Å². The number of halogens is 1. The molecule has 2 saturated carbocycles. The second kappa shape index (κ2) is 11.0. The van der Waals surface area contributed by atoms with Crippen LogP contribution < -0.4 is 0 Å². The normalized spacial score (nSPS) is 23.8. The van der Waals surface area contributed by atoms with Crippen molar-refractivity contribution >= 4 is 51.9 Å². The zero-order chi connectivity index (χ0) is 26.2. The molecule has 2 aliphatic carbocycles. The molecule has 6 rings (SSSR count). The minimum Gasteiger partial charge on any atom is -0.396 e. The summed E-state index contributed by atoms with van der Waals surface area (Å²) in [6.07, 6.45) is 8.26. The second-order valence-corrected chi connectivity index (χ2v) is 12.8. The van der Waals surface area contributed by atoms with Gasteiger partial charge in [0, 0.05) is 29.9 Å². The van der Waals surface area contributed by atoms with Crippen molar-refractivity contribution in [3.05, 3.63) is 87.4 Å². The summed E-state index contributed by atoms with van der Waals surface area (Å²) in [5.74, 6) is 1.39. The van der Waals surface area contributed by atoms with Gasteiger partial charge in [-0.3, -0.25) is 9.69 Å². The van der Waals surface area contributed by atoms with Crippen molar-refractivity contribution in [2.75, 3.05) is 6.61 Å². The molecule has 2 bridgehead atoms. The summed E-state index contributed by atoms with van der Waals surface area (Å²) in [6.45, 7) is 0.790. The fourth-order valence-electron chi connectivity index (χ4n) is 6.52. The van der Waals surface area contributed by atoms with Gasteiger partial charge in [0.15, 0.2) is 0 Å². The summed E-state index contributed by atoms with van der Waals surface area (Å²) in [4.78, 5) is 16.3. The lowest BCUT2D eigenvalue weighted by molar-refractivity contribution is -0.124. The van der Waals surface area contributed by atoms with E-state index in [1.807, 2.05) is 53.4 Å². The molecule has 1 aliphatic heterocycles. The molecule has 3 unspecified atom stereocenters. The summed E-state index contributed by atoms with van der Waals surface area (Å²) in [5.41, 5.74) is 5.45. The summed E-state index contributed by atoms with van der Waals surface area (Å²) in [7, 11) is 0. The first kappa shape index (κ1) is 25.9. The van der Waals surface area contributed by atoms with E-state index in [1.54, 1.807) is 0 Å². The highest BCUT2D eigenvalue weighted by molar-refractivity contribution is 8.26. The Morgan fingerprint density at radius 2 is 1.87 bits per heavy atom. The van der Waals surface area contributed by atoms with Gasteiger partial charge in [-0.1, -0.05) is 84.5 Å². The van der Waals surface area contributed by atoms with E-state index in [0.717, 1.165) is 41.3 Å². The molecule has 4 nitrogen and oxygen atoms in total. The number of aliphatic hydroxyl groups is 1. The molecule has 1 N–H and O–H groups in total. The zero-order valence-electron chi connectivity index (χ0n) is 21.2. The maximum absolute atomic E-state index is 13.7. The number of aromatic nitrogens is 1. The van der Waals surface area contributed by atoms with Crippen LogP contribution in [0.25, 0.3) is 17.3 Å². The number of fused-ring (bicyclic) bond motifs is 2. The Balaban J connectivity index is 1.42. The van der Waals surface area contributed by atoms with Gasteiger partial charge in [0.2, 0.25) is 0 Å². The van der Waals surface area contributed by atoms with Crippen molar-refractivity contribution < 1.29 is 9.90 Å². The number of benzene rings is 2. The number of aliphatic hydroxyl groups excluding tert-OH is 1. The molecule has 196 valence electrons. The molecule has 2 heterocycles. The molecule has 3 aromatic rings. The Bertz CT molecular complexity index is 1380. The van der Waals surface area contributed by atoms with Crippen LogP contribution in [0.5, 0.6) is 0 Å². The van der Waals surface area contributed by atoms with Gasteiger partial charge < -0.3 is 9.67 Å². The smallest absolute Gasteiger partial charge is 0.266 e. The minimum absolute atomic E-state index is 0.0509. The van der Waals surface area contributed by atoms with Crippen LogP contribution >= 0.6 is 35.6 Å². The number of hydrogen-bond acceptors (Lipinski definition) is 4. The molecule has 1 aromatic heterocycles. The van der Waals surface area contributed by atoms with E-state index >= 15 is 0 Å². The number of carbonyl (C=O) groups excluding carboxylic acids is 1. The molecule has 2 aromatic carbocycles. The number of rotatable bonds is 8. The standard InChI is InChI=1S/C31H31ClN2O2S2/c32-25-12-10-22(11-13-25)29-24(7-4-14-35)17-26(33(29)19-20-5-2-1-3-6-20)18-28-30(36)34(31(37)38-28)27-16-21-8-9-23(27)15-21/h1-3,5-6,10-13,17-18,21,23,27,35H,4,7-9,14-16,19H2/b28-18-. The molecule has 38 heavy (non-hydrogen) atoms. The lowest BCUT2D eigenvalue weighted by Gasteiger charge is -2.30. The topological polar surface area (TPSA) is 45.5 Å². The first-order chi connectivity index (χ1) is 18.5. The highest BCUT2D eigenvalue weighted by atomic mass is 35.5. The van der Waals surface area contributed by atoms with E-state index in [9.17, 15) is 9.90 Å². The SMILES string of the molecule is O=C1/C(=C/c2cc(CCCO)c(-c3ccc(Cl)cc3)n2Cc2ccccc2)SC(=S)N1C1CC2CCC1C2. The molecular formula is C31H31ClN2O2S2. The fraction of sp³-hybridized carbons (Fsp3) is 0.355. The van der Waals surface area contributed by atoms with Crippen molar-refractivity contribution in [2.24, 2.45) is 11.8 Å². The number of thioether (sulfide) groups is 1. The molecule has 3 atom stereocenters. The average Bonchev–Trinajstić information content (AvgIpc) is 3.68. The first-order valence-electron chi connectivity index (χ1n) is 13.4. The second-order valence-electron chi connectivity index (χ2n) is 10.6. The van der Waals surface area contributed by atoms with Gasteiger partial charge in [-0.2, -0.15) is 0 Å². The number of carbonyl (C=O) groups is 1. The Kier molecular flexibility index (Phi) is 7.50. The minimum atomic E-state index is 0.0509. The number of amides is 1. The number of nitrogens with zero attached hydrogens (tertiary/aromatic N) is 2. The third kappa shape index (κ3) is 5.00.